The Morgan fingerprint density at radius 1 is 1.27 bits per heavy atom. The standard InChI is InChI=1S/C31H43FN2O3/c1-22-10-7-11-23(18-22)28-26(13-8-14-27(28)32)31(36,15-5-6-17-37-4)24-12-9-16-34(21-24)29(35)30(2)19-25(30)20-33-3/h7-8,10-11,13-14,18,24-25,33,36H,5-6,9,12,15-17,19-21H2,1-4H3/t24-,25+,30-,31+/m1/s1. The van der Waals surface area contributed by atoms with Crippen molar-refractivity contribution in [1.82, 2.24) is 10.2 Å². The van der Waals surface area contributed by atoms with Crippen LogP contribution in [0.15, 0.2) is 42.5 Å². The van der Waals surface area contributed by atoms with Crippen LogP contribution in [0.25, 0.3) is 11.1 Å². The fraction of sp³-hybridized carbons (Fsp3) is 0.581. The van der Waals surface area contributed by atoms with Crippen molar-refractivity contribution < 1.29 is 19.0 Å². The maximum absolute atomic E-state index is 15.5. The molecule has 1 aliphatic carbocycles. The number of amides is 1. The van der Waals surface area contributed by atoms with Crippen molar-refractivity contribution in [1.29, 1.82) is 0 Å². The number of nitrogens with one attached hydrogen (secondary N) is 1. The molecule has 4 rings (SSSR count). The number of piperidine rings is 1. The highest BCUT2D eigenvalue weighted by molar-refractivity contribution is 5.85. The van der Waals surface area contributed by atoms with Gasteiger partial charge < -0.3 is 20.1 Å². The second-order valence-electron chi connectivity index (χ2n) is 11.4. The van der Waals surface area contributed by atoms with E-state index in [1.165, 1.54) is 6.07 Å². The van der Waals surface area contributed by atoms with Crippen molar-refractivity contribution >= 4 is 5.91 Å². The van der Waals surface area contributed by atoms with Gasteiger partial charge in [0, 0.05) is 38.3 Å². The van der Waals surface area contributed by atoms with Gasteiger partial charge in [0.2, 0.25) is 5.91 Å². The number of methoxy groups -OCH3 is 1. The smallest absolute Gasteiger partial charge is 0.228 e. The van der Waals surface area contributed by atoms with Crippen molar-refractivity contribution in [3.05, 3.63) is 59.4 Å². The average Bonchev–Trinajstić information content (AvgIpc) is 3.56. The molecule has 2 aromatic rings. The van der Waals surface area contributed by atoms with Crippen LogP contribution in [0.4, 0.5) is 4.39 Å². The molecule has 1 amide bonds. The summed E-state index contributed by atoms with van der Waals surface area (Å²) in [5.74, 6) is 0.0394. The number of halogens is 1. The van der Waals surface area contributed by atoms with E-state index in [4.69, 9.17) is 4.74 Å². The highest BCUT2D eigenvalue weighted by Gasteiger charge is 2.57. The third kappa shape index (κ3) is 5.76. The lowest BCUT2D eigenvalue weighted by Crippen LogP contribution is -2.50. The third-order valence-electron chi connectivity index (χ3n) is 8.68. The van der Waals surface area contributed by atoms with Crippen LogP contribution in [-0.4, -0.2) is 56.3 Å². The van der Waals surface area contributed by atoms with Crippen LogP contribution in [0, 0.1) is 30.0 Å². The van der Waals surface area contributed by atoms with E-state index < -0.39 is 5.60 Å². The Bertz CT molecular complexity index is 1090. The fourth-order valence-electron chi connectivity index (χ4n) is 6.35. The fourth-order valence-corrected chi connectivity index (χ4v) is 6.35. The Morgan fingerprint density at radius 2 is 2.05 bits per heavy atom. The molecule has 2 fully saturated rings. The van der Waals surface area contributed by atoms with E-state index in [9.17, 15) is 9.90 Å². The third-order valence-corrected chi connectivity index (χ3v) is 8.68. The van der Waals surface area contributed by atoms with Crippen LogP contribution in [0.1, 0.15) is 56.6 Å². The first-order chi connectivity index (χ1) is 17.7. The molecule has 6 heteroatoms. The zero-order valence-electron chi connectivity index (χ0n) is 22.9. The van der Waals surface area contributed by atoms with E-state index in [-0.39, 0.29) is 23.1 Å². The molecule has 2 aliphatic rings. The maximum Gasteiger partial charge on any atom is 0.228 e. The Morgan fingerprint density at radius 3 is 2.78 bits per heavy atom. The van der Waals surface area contributed by atoms with Gasteiger partial charge in [-0.1, -0.05) is 48.9 Å². The summed E-state index contributed by atoms with van der Waals surface area (Å²) in [5, 5.41) is 15.7. The van der Waals surface area contributed by atoms with Crippen molar-refractivity contribution in [3.8, 4) is 11.1 Å². The second-order valence-corrected chi connectivity index (χ2v) is 11.4. The molecular weight excluding hydrogens is 467 g/mol. The van der Waals surface area contributed by atoms with Gasteiger partial charge >= 0.3 is 0 Å². The Kier molecular flexibility index (Phi) is 8.72. The quantitative estimate of drug-likeness (QED) is 0.403. The molecule has 1 saturated heterocycles. The molecular formula is C31H43FN2O3. The molecule has 0 spiro atoms. The first kappa shape index (κ1) is 27.7. The molecule has 1 heterocycles. The number of aliphatic hydroxyl groups is 1. The number of unbranched alkanes of at least 4 members (excludes halogenated alkanes) is 1. The number of benzene rings is 2. The monoisotopic (exact) mass is 510 g/mol. The van der Waals surface area contributed by atoms with Crippen LogP contribution < -0.4 is 5.32 Å². The van der Waals surface area contributed by atoms with Gasteiger partial charge in [-0.15, -0.1) is 0 Å². The minimum Gasteiger partial charge on any atom is -0.385 e. The highest BCUT2D eigenvalue weighted by atomic mass is 19.1. The molecule has 5 nitrogen and oxygen atoms in total. The van der Waals surface area contributed by atoms with Crippen LogP contribution in [0.2, 0.25) is 0 Å². The minimum absolute atomic E-state index is 0.178. The Labute approximate surface area is 221 Å². The van der Waals surface area contributed by atoms with E-state index in [1.807, 2.05) is 49.2 Å². The van der Waals surface area contributed by atoms with E-state index in [1.54, 1.807) is 13.2 Å². The van der Waals surface area contributed by atoms with Gasteiger partial charge in [0.15, 0.2) is 0 Å². The molecule has 2 N–H and O–H groups in total. The summed E-state index contributed by atoms with van der Waals surface area (Å²) >= 11 is 0. The number of hydrogen-bond acceptors (Lipinski definition) is 4. The first-order valence-electron chi connectivity index (χ1n) is 13.8. The summed E-state index contributed by atoms with van der Waals surface area (Å²) in [4.78, 5) is 15.6. The molecule has 2 aromatic carbocycles. The molecule has 0 unspecified atom stereocenters. The topological polar surface area (TPSA) is 61.8 Å². The van der Waals surface area contributed by atoms with E-state index in [0.29, 0.717) is 43.2 Å². The summed E-state index contributed by atoms with van der Waals surface area (Å²) in [5.41, 5.74) is 1.31. The second kappa shape index (κ2) is 11.6. The molecule has 4 atom stereocenters. The van der Waals surface area contributed by atoms with Gasteiger partial charge in [-0.2, -0.15) is 0 Å². The van der Waals surface area contributed by atoms with Gasteiger partial charge in [-0.3, -0.25) is 4.79 Å². The lowest BCUT2D eigenvalue weighted by atomic mass is 9.71. The van der Waals surface area contributed by atoms with Crippen LogP contribution >= 0.6 is 0 Å². The number of carbonyl (C=O) groups excluding carboxylic acids is 1. The number of hydrogen-bond donors (Lipinski definition) is 2. The zero-order valence-corrected chi connectivity index (χ0v) is 22.9. The molecule has 202 valence electrons. The van der Waals surface area contributed by atoms with E-state index in [2.05, 4.69) is 12.2 Å². The maximum atomic E-state index is 15.5. The van der Waals surface area contributed by atoms with Crippen molar-refractivity contribution in [2.75, 3.05) is 40.4 Å². The van der Waals surface area contributed by atoms with Gasteiger partial charge in [0.1, 0.15) is 5.82 Å². The van der Waals surface area contributed by atoms with Gasteiger partial charge in [0.25, 0.3) is 0 Å². The Hall–Kier alpha value is -2.28. The van der Waals surface area contributed by atoms with E-state index >= 15 is 4.39 Å². The lowest BCUT2D eigenvalue weighted by molar-refractivity contribution is -0.142. The highest BCUT2D eigenvalue weighted by Crippen LogP contribution is 2.54. The molecule has 0 bridgehead atoms. The average molecular weight is 511 g/mol. The summed E-state index contributed by atoms with van der Waals surface area (Å²) in [6.45, 7) is 6.72. The molecule has 37 heavy (non-hydrogen) atoms. The summed E-state index contributed by atoms with van der Waals surface area (Å²) in [7, 11) is 3.60. The summed E-state index contributed by atoms with van der Waals surface area (Å²) in [6, 6.07) is 12.8. The molecule has 0 aromatic heterocycles. The molecule has 1 saturated carbocycles. The molecule has 0 radical (unpaired) electrons. The SMILES string of the molecule is CNC[C@@H]1C[C@@]1(C)C(=O)N1CCC[C@@H]([C@@](O)(CCCCOC)c2cccc(F)c2-c2cccc(C)c2)C1. The zero-order chi connectivity index (χ0) is 26.6. The number of carbonyl (C=O) groups is 1. The van der Waals surface area contributed by atoms with E-state index in [0.717, 1.165) is 49.8 Å². The predicted molar refractivity (Wildman–Crippen MR) is 146 cm³/mol. The largest absolute Gasteiger partial charge is 0.385 e. The van der Waals surface area contributed by atoms with Crippen LogP contribution in [0.3, 0.4) is 0 Å². The minimum atomic E-state index is -1.26. The van der Waals surface area contributed by atoms with Crippen molar-refractivity contribution in [3.63, 3.8) is 0 Å². The predicted octanol–water partition coefficient (Wildman–Crippen LogP) is 5.29. The molecule has 1 aliphatic heterocycles. The van der Waals surface area contributed by atoms with Gasteiger partial charge in [-0.25, -0.2) is 4.39 Å². The number of likely N-dealkylation sites (tertiary alicyclic amines) is 1. The number of rotatable bonds is 11. The van der Waals surface area contributed by atoms with Gasteiger partial charge in [-0.05, 0) is 82.2 Å². The van der Waals surface area contributed by atoms with Crippen LogP contribution in [0.5, 0.6) is 0 Å². The normalized spacial score (nSPS) is 25.1. The van der Waals surface area contributed by atoms with Crippen molar-refractivity contribution in [2.24, 2.45) is 17.3 Å². The lowest BCUT2D eigenvalue weighted by Gasteiger charge is -2.44. The van der Waals surface area contributed by atoms with Crippen LogP contribution in [-0.2, 0) is 15.1 Å². The summed E-state index contributed by atoms with van der Waals surface area (Å²) in [6.07, 6.45) is 4.58. The number of ether oxygens (including phenoxy) is 1. The number of nitrogens with zero attached hydrogens (tertiary/aromatic N) is 1. The first-order valence-corrected chi connectivity index (χ1v) is 13.8. The number of aryl methyl sites for hydroxylation is 1. The summed E-state index contributed by atoms with van der Waals surface area (Å²) < 4.78 is 20.7. The van der Waals surface area contributed by atoms with Gasteiger partial charge in [0.05, 0.1) is 11.0 Å². The van der Waals surface area contributed by atoms with Crippen molar-refractivity contribution in [2.45, 2.75) is 58.0 Å². The Balaban J connectivity index is 1.68.